The van der Waals surface area contributed by atoms with Crippen LogP contribution < -0.4 is 16.4 Å². The minimum Gasteiger partial charge on any atom is -0.382 e. The van der Waals surface area contributed by atoms with Gasteiger partial charge in [0.2, 0.25) is 0 Å². The number of benzene rings is 1. The Morgan fingerprint density at radius 2 is 1.78 bits per heavy atom. The van der Waals surface area contributed by atoms with E-state index in [2.05, 4.69) is 27.2 Å². The first-order valence-corrected chi connectivity index (χ1v) is 8.53. The van der Waals surface area contributed by atoms with Gasteiger partial charge in [-0.25, -0.2) is 4.98 Å². The molecule has 3 rings (SSSR count). The number of amides is 1. The molecule has 0 aliphatic rings. The van der Waals surface area contributed by atoms with Crippen molar-refractivity contribution >= 4 is 23.0 Å². The Bertz CT molecular complexity index is 923. The van der Waals surface area contributed by atoms with Gasteiger partial charge in [0.15, 0.2) is 0 Å². The second-order valence-corrected chi connectivity index (χ2v) is 6.04. The van der Waals surface area contributed by atoms with Crippen LogP contribution in [-0.2, 0) is 6.54 Å². The standard InChI is InChI=1S/C21H21N5O/c1-15(12-24-14-16-4-2-10-23-13-16)17-6-8-18(9-7-17)21(27)26-19-5-3-11-25-20(19)22/h2-11,13,24H,1,12,14H2,(H2,22,25)(H,26,27). The molecular weight excluding hydrogens is 338 g/mol. The van der Waals surface area contributed by atoms with Crippen LogP contribution in [0.25, 0.3) is 5.57 Å². The third-order valence-electron chi connectivity index (χ3n) is 4.03. The summed E-state index contributed by atoms with van der Waals surface area (Å²) in [5.74, 6) is 0.0529. The number of carbonyl (C=O) groups excluding carboxylic acids is 1. The van der Waals surface area contributed by atoms with Gasteiger partial charge < -0.3 is 16.4 Å². The average molecular weight is 359 g/mol. The van der Waals surface area contributed by atoms with E-state index in [0.717, 1.165) is 23.2 Å². The van der Waals surface area contributed by atoms with E-state index in [4.69, 9.17) is 5.73 Å². The van der Waals surface area contributed by atoms with Crippen molar-refractivity contribution in [3.63, 3.8) is 0 Å². The van der Waals surface area contributed by atoms with Gasteiger partial charge in [-0.3, -0.25) is 9.78 Å². The molecule has 1 amide bonds. The molecule has 4 N–H and O–H groups in total. The molecule has 0 aliphatic carbocycles. The molecular formula is C21H21N5O. The largest absolute Gasteiger partial charge is 0.382 e. The minimum atomic E-state index is -0.235. The molecule has 6 nitrogen and oxygen atoms in total. The van der Waals surface area contributed by atoms with Crippen molar-refractivity contribution in [2.75, 3.05) is 17.6 Å². The third-order valence-corrected chi connectivity index (χ3v) is 4.03. The quantitative estimate of drug-likeness (QED) is 0.603. The van der Waals surface area contributed by atoms with E-state index in [1.807, 2.05) is 30.5 Å². The average Bonchev–Trinajstić information content (AvgIpc) is 2.70. The number of pyridine rings is 2. The van der Waals surface area contributed by atoms with Gasteiger partial charge >= 0.3 is 0 Å². The summed E-state index contributed by atoms with van der Waals surface area (Å²) in [5, 5.41) is 6.10. The number of nitrogens with zero attached hydrogens (tertiary/aromatic N) is 2. The zero-order chi connectivity index (χ0) is 19.1. The molecule has 0 saturated heterocycles. The van der Waals surface area contributed by atoms with Crippen molar-refractivity contribution in [2.24, 2.45) is 0 Å². The van der Waals surface area contributed by atoms with Crippen LogP contribution in [0, 0.1) is 0 Å². The van der Waals surface area contributed by atoms with Gasteiger partial charge in [0.1, 0.15) is 5.82 Å². The molecule has 0 saturated carbocycles. The number of nitrogen functional groups attached to an aromatic ring is 1. The van der Waals surface area contributed by atoms with Gasteiger partial charge in [0.05, 0.1) is 5.69 Å². The Kier molecular flexibility index (Phi) is 5.91. The van der Waals surface area contributed by atoms with Crippen molar-refractivity contribution in [2.45, 2.75) is 6.54 Å². The molecule has 2 heterocycles. The first-order chi connectivity index (χ1) is 13.1. The Morgan fingerprint density at radius 3 is 2.48 bits per heavy atom. The maximum atomic E-state index is 12.3. The van der Waals surface area contributed by atoms with Crippen molar-refractivity contribution in [3.8, 4) is 0 Å². The van der Waals surface area contributed by atoms with Gasteiger partial charge in [-0.15, -0.1) is 0 Å². The highest BCUT2D eigenvalue weighted by Gasteiger charge is 2.09. The van der Waals surface area contributed by atoms with E-state index < -0.39 is 0 Å². The number of hydrogen-bond acceptors (Lipinski definition) is 5. The fraction of sp³-hybridized carbons (Fsp3) is 0.0952. The van der Waals surface area contributed by atoms with Gasteiger partial charge in [-0.1, -0.05) is 24.8 Å². The highest BCUT2D eigenvalue weighted by molar-refractivity contribution is 6.05. The Hall–Kier alpha value is -3.51. The first kappa shape index (κ1) is 18.3. The molecule has 27 heavy (non-hydrogen) atoms. The van der Waals surface area contributed by atoms with E-state index in [-0.39, 0.29) is 11.7 Å². The highest BCUT2D eigenvalue weighted by Crippen LogP contribution is 2.17. The Morgan fingerprint density at radius 1 is 1.04 bits per heavy atom. The molecule has 0 fully saturated rings. The summed E-state index contributed by atoms with van der Waals surface area (Å²) in [4.78, 5) is 20.4. The van der Waals surface area contributed by atoms with Crippen LogP contribution in [0.15, 0.2) is 73.7 Å². The number of hydrogen-bond donors (Lipinski definition) is 3. The van der Waals surface area contributed by atoms with E-state index in [0.29, 0.717) is 17.8 Å². The summed E-state index contributed by atoms with van der Waals surface area (Å²) in [6, 6.07) is 14.7. The zero-order valence-electron chi connectivity index (χ0n) is 14.9. The van der Waals surface area contributed by atoms with Crippen LogP contribution >= 0.6 is 0 Å². The molecule has 0 aliphatic heterocycles. The molecule has 6 heteroatoms. The molecule has 0 spiro atoms. The smallest absolute Gasteiger partial charge is 0.255 e. The number of rotatable bonds is 7. The topological polar surface area (TPSA) is 92.9 Å². The van der Waals surface area contributed by atoms with E-state index >= 15 is 0 Å². The summed E-state index contributed by atoms with van der Waals surface area (Å²) in [6.07, 6.45) is 5.16. The van der Waals surface area contributed by atoms with Crippen LogP contribution in [0.4, 0.5) is 11.5 Å². The zero-order valence-corrected chi connectivity index (χ0v) is 14.9. The molecule has 1 aromatic carbocycles. The monoisotopic (exact) mass is 359 g/mol. The van der Waals surface area contributed by atoms with Crippen molar-refractivity contribution in [1.82, 2.24) is 15.3 Å². The van der Waals surface area contributed by atoms with Gasteiger partial charge in [0.25, 0.3) is 5.91 Å². The summed E-state index contributed by atoms with van der Waals surface area (Å²) >= 11 is 0. The molecule has 0 unspecified atom stereocenters. The van der Waals surface area contributed by atoms with Crippen LogP contribution in [-0.4, -0.2) is 22.4 Å². The fourth-order valence-electron chi connectivity index (χ4n) is 2.54. The predicted molar refractivity (Wildman–Crippen MR) is 108 cm³/mol. The van der Waals surface area contributed by atoms with Gasteiger partial charge in [-0.2, -0.15) is 0 Å². The lowest BCUT2D eigenvalue weighted by Crippen LogP contribution is -2.16. The van der Waals surface area contributed by atoms with E-state index in [1.54, 1.807) is 36.7 Å². The lowest BCUT2D eigenvalue weighted by molar-refractivity contribution is 0.102. The maximum Gasteiger partial charge on any atom is 0.255 e. The van der Waals surface area contributed by atoms with Gasteiger partial charge in [-0.05, 0) is 47.0 Å². The normalized spacial score (nSPS) is 10.4. The van der Waals surface area contributed by atoms with Crippen LogP contribution in [0.3, 0.4) is 0 Å². The predicted octanol–water partition coefficient (Wildman–Crippen LogP) is 3.11. The molecule has 2 aromatic heterocycles. The molecule has 0 bridgehead atoms. The summed E-state index contributed by atoms with van der Waals surface area (Å²) < 4.78 is 0. The number of nitrogens with two attached hydrogens (primary N) is 1. The summed E-state index contributed by atoms with van der Waals surface area (Å²) in [7, 11) is 0. The number of aromatic nitrogens is 2. The maximum absolute atomic E-state index is 12.3. The lowest BCUT2D eigenvalue weighted by Gasteiger charge is -2.10. The molecule has 0 atom stereocenters. The fourth-order valence-corrected chi connectivity index (χ4v) is 2.54. The van der Waals surface area contributed by atoms with Gasteiger partial charge in [0, 0.05) is 37.2 Å². The van der Waals surface area contributed by atoms with Crippen LogP contribution in [0.1, 0.15) is 21.5 Å². The number of nitrogens with one attached hydrogen (secondary N) is 2. The first-order valence-electron chi connectivity index (χ1n) is 8.53. The molecule has 3 aromatic rings. The number of anilines is 2. The number of carbonyl (C=O) groups is 1. The molecule has 0 radical (unpaired) electrons. The summed E-state index contributed by atoms with van der Waals surface area (Å²) in [5.41, 5.74) is 9.83. The van der Waals surface area contributed by atoms with Crippen molar-refractivity contribution in [3.05, 3.63) is 90.4 Å². The van der Waals surface area contributed by atoms with E-state index in [1.165, 1.54) is 0 Å². The highest BCUT2D eigenvalue weighted by atomic mass is 16.1. The summed E-state index contributed by atoms with van der Waals surface area (Å²) in [6.45, 7) is 5.47. The van der Waals surface area contributed by atoms with E-state index in [9.17, 15) is 4.79 Å². The Balaban J connectivity index is 1.55. The van der Waals surface area contributed by atoms with Crippen molar-refractivity contribution < 1.29 is 4.79 Å². The minimum absolute atomic E-state index is 0.235. The van der Waals surface area contributed by atoms with Crippen molar-refractivity contribution in [1.29, 1.82) is 0 Å². The second-order valence-electron chi connectivity index (χ2n) is 6.04. The van der Waals surface area contributed by atoms with Crippen LogP contribution in [0.2, 0.25) is 0 Å². The SMILES string of the molecule is C=C(CNCc1cccnc1)c1ccc(C(=O)Nc2cccnc2N)cc1. The second kappa shape index (κ2) is 8.73. The third kappa shape index (κ3) is 4.99. The molecule has 136 valence electrons. The van der Waals surface area contributed by atoms with Crippen LogP contribution in [0.5, 0.6) is 0 Å². The lowest BCUT2D eigenvalue weighted by atomic mass is 10.0. The Labute approximate surface area is 158 Å².